The molecular formula is C23H21ClN4O5. The fourth-order valence-corrected chi connectivity index (χ4v) is 4.18. The topological polar surface area (TPSA) is 94.0 Å². The quantitative estimate of drug-likeness (QED) is 0.579. The minimum absolute atomic E-state index is 0.116. The molecule has 1 atom stereocenters. The molecule has 0 spiro atoms. The third kappa shape index (κ3) is 4.23. The zero-order chi connectivity index (χ0) is 22.9. The van der Waals surface area contributed by atoms with Crippen LogP contribution in [0.25, 0.3) is 10.9 Å². The normalized spacial score (nSPS) is 17.8. The third-order valence-electron chi connectivity index (χ3n) is 5.82. The molecular weight excluding hydrogens is 448 g/mol. The zero-order valence-electron chi connectivity index (χ0n) is 17.6. The van der Waals surface area contributed by atoms with Gasteiger partial charge in [0.15, 0.2) is 11.5 Å². The van der Waals surface area contributed by atoms with Gasteiger partial charge in [-0.3, -0.25) is 19.0 Å². The molecule has 2 aliphatic rings. The monoisotopic (exact) mass is 468 g/mol. The van der Waals surface area contributed by atoms with Crippen LogP contribution in [0.5, 0.6) is 11.5 Å². The molecule has 9 nitrogen and oxygen atoms in total. The van der Waals surface area contributed by atoms with Crippen LogP contribution in [0.15, 0.2) is 53.6 Å². The number of aromatic nitrogens is 2. The van der Waals surface area contributed by atoms with Crippen molar-refractivity contribution in [2.75, 3.05) is 32.8 Å². The van der Waals surface area contributed by atoms with Gasteiger partial charge in [0, 0.05) is 31.2 Å². The number of fused-ring (bicyclic) bond motifs is 2. The lowest BCUT2D eigenvalue weighted by Gasteiger charge is -2.37. The molecule has 2 aromatic carbocycles. The summed E-state index contributed by atoms with van der Waals surface area (Å²) in [6.45, 7) is 1.55. The van der Waals surface area contributed by atoms with Crippen molar-refractivity contribution in [1.82, 2.24) is 19.4 Å². The molecule has 1 saturated heterocycles. The van der Waals surface area contributed by atoms with Crippen LogP contribution in [-0.2, 0) is 16.1 Å². The molecule has 1 aromatic heterocycles. The summed E-state index contributed by atoms with van der Waals surface area (Å²) in [4.78, 5) is 45.9. The highest BCUT2D eigenvalue weighted by Gasteiger charge is 2.33. The Balaban J connectivity index is 1.19. The number of para-hydroxylation sites is 2. The van der Waals surface area contributed by atoms with E-state index in [0.717, 1.165) is 0 Å². The van der Waals surface area contributed by atoms with Gasteiger partial charge in [0.2, 0.25) is 12.0 Å². The van der Waals surface area contributed by atoms with Crippen molar-refractivity contribution in [3.05, 3.63) is 64.2 Å². The fourth-order valence-electron chi connectivity index (χ4n) is 4.01. The van der Waals surface area contributed by atoms with Crippen molar-refractivity contribution in [2.45, 2.75) is 12.6 Å². The van der Waals surface area contributed by atoms with Crippen molar-refractivity contribution in [3.63, 3.8) is 0 Å². The predicted octanol–water partition coefficient (Wildman–Crippen LogP) is 1.56. The minimum atomic E-state index is -0.710. The van der Waals surface area contributed by atoms with Crippen LogP contribution in [0, 0.1) is 0 Å². The van der Waals surface area contributed by atoms with E-state index in [-0.39, 0.29) is 30.5 Å². The Morgan fingerprint density at radius 1 is 1.03 bits per heavy atom. The van der Waals surface area contributed by atoms with Gasteiger partial charge >= 0.3 is 0 Å². The Bertz CT molecular complexity index is 1290. The Hall–Kier alpha value is -3.59. The number of benzene rings is 2. The Labute approximate surface area is 194 Å². The van der Waals surface area contributed by atoms with Crippen LogP contribution >= 0.6 is 11.6 Å². The van der Waals surface area contributed by atoms with Crippen LogP contribution in [0.2, 0.25) is 5.02 Å². The number of nitrogens with zero attached hydrogens (tertiary/aromatic N) is 4. The van der Waals surface area contributed by atoms with E-state index >= 15 is 0 Å². The standard InChI is InChI=1S/C23H21ClN4O5/c24-15-5-6-16-17(11-15)25-14-28(22(16)30)12-21(29)26-7-9-27(10-8-26)23(31)20-13-32-18-3-1-2-4-19(18)33-20/h1-6,11,14,20H,7-10,12-13H2/t20-/m1/s1. The van der Waals surface area contributed by atoms with Gasteiger partial charge in [0.1, 0.15) is 13.2 Å². The molecule has 170 valence electrons. The average Bonchev–Trinajstić information content (AvgIpc) is 2.85. The fraction of sp³-hybridized carbons (Fsp3) is 0.304. The molecule has 33 heavy (non-hydrogen) atoms. The Morgan fingerprint density at radius 3 is 2.55 bits per heavy atom. The lowest BCUT2D eigenvalue weighted by atomic mass is 10.2. The number of hydrogen-bond donors (Lipinski definition) is 0. The van der Waals surface area contributed by atoms with E-state index in [1.165, 1.54) is 10.9 Å². The van der Waals surface area contributed by atoms with Gasteiger partial charge in [0.05, 0.1) is 17.2 Å². The van der Waals surface area contributed by atoms with Crippen LogP contribution in [-0.4, -0.2) is 70.1 Å². The van der Waals surface area contributed by atoms with E-state index in [9.17, 15) is 14.4 Å². The second kappa shape index (κ2) is 8.74. The summed E-state index contributed by atoms with van der Waals surface area (Å²) in [5.74, 6) is 0.807. The van der Waals surface area contributed by atoms with Gasteiger partial charge in [-0.1, -0.05) is 23.7 Å². The molecule has 10 heteroatoms. The molecule has 3 aromatic rings. The Kier molecular flexibility index (Phi) is 5.63. The summed E-state index contributed by atoms with van der Waals surface area (Å²) in [5.41, 5.74) is 0.188. The number of carbonyl (C=O) groups excluding carboxylic acids is 2. The van der Waals surface area contributed by atoms with Gasteiger partial charge in [0.25, 0.3) is 11.5 Å². The summed E-state index contributed by atoms with van der Waals surface area (Å²) in [7, 11) is 0. The van der Waals surface area contributed by atoms with Gasteiger partial charge in [-0.2, -0.15) is 0 Å². The third-order valence-corrected chi connectivity index (χ3v) is 6.06. The number of ether oxygens (including phenoxy) is 2. The van der Waals surface area contributed by atoms with Crippen LogP contribution < -0.4 is 15.0 Å². The second-order valence-electron chi connectivity index (χ2n) is 7.91. The van der Waals surface area contributed by atoms with Crippen LogP contribution in [0.1, 0.15) is 0 Å². The molecule has 0 bridgehead atoms. The summed E-state index contributed by atoms with van der Waals surface area (Å²) in [5, 5.41) is 0.895. The van der Waals surface area contributed by atoms with E-state index in [2.05, 4.69) is 4.98 Å². The lowest BCUT2D eigenvalue weighted by Crippen LogP contribution is -2.55. The molecule has 3 heterocycles. The summed E-state index contributed by atoms with van der Waals surface area (Å²) < 4.78 is 12.7. The van der Waals surface area contributed by atoms with Crippen molar-refractivity contribution in [2.24, 2.45) is 0 Å². The number of piperazine rings is 1. The zero-order valence-corrected chi connectivity index (χ0v) is 18.4. The van der Waals surface area contributed by atoms with Gasteiger partial charge in [-0.05, 0) is 30.3 Å². The molecule has 1 fully saturated rings. The van der Waals surface area contributed by atoms with Crippen molar-refractivity contribution in [1.29, 1.82) is 0 Å². The number of amides is 2. The highest BCUT2D eigenvalue weighted by molar-refractivity contribution is 6.31. The maximum Gasteiger partial charge on any atom is 0.267 e. The largest absolute Gasteiger partial charge is 0.485 e. The minimum Gasteiger partial charge on any atom is -0.485 e. The maximum absolute atomic E-state index is 12.9. The number of rotatable bonds is 3. The van der Waals surface area contributed by atoms with Crippen LogP contribution in [0.4, 0.5) is 0 Å². The second-order valence-corrected chi connectivity index (χ2v) is 8.35. The first-order chi connectivity index (χ1) is 16.0. The first-order valence-electron chi connectivity index (χ1n) is 10.6. The van der Waals surface area contributed by atoms with E-state index in [0.29, 0.717) is 53.6 Å². The van der Waals surface area contributed by atoms with E-state index in [4.69, 9.17) is 21.1 Å². The van der Waals surface area contributed by atoms with Crippen molar-refractivity contribution >= 4 is 34.3 Å². The Morgan fingerprint density at radius 2 is 1.76 bits per heavy atom. The molecule has 2 amide bonds. The molecule has 0 aliphatic carbocycles. The van der Waals surface area contributed by atoms with E-state index < -0.39 is 6.10 Å². The van der Waals surface area contributed by atoms with Crippen molar-refractivity contribution < 1.29 is 19.1 Å². The molecule has 2 aliphatic heterocycles. The molecule has 0 unspecified atom stereocenters. The summed E-state index contributed by atoms with van der Waals surface area (Å²) in [6, 6.07) is 12.1. The van der Waals surface area contributed by atoms with Crippen molar-refractivity contribution in [3.8, 4) is 11.5 Å². The first-order valence-corrected chi connectivity index (χ1v) is 11.0. The summed E-state index contributed by atoms with van der Waals surface area (Å²) in [6.07, 6.45) is 0.648. The van der Waals surface area contributed by atoms with E-state index in [1.54, 1.807) is 40.1 Å². The van der Waals surface area contributed by atoms with Crippen LogP contribution in [0.3, 0.4) is 0 Å². The molecule has 5 rings (SSSR count). The average molecular weight is 469 g/mol. The molecule has 0 saturated carbocycles. The predicted molar refractivity (Wildman–Crippen MR) is 121 cm³/mol. The number of hydrogen-bond acceptors (Lipinski definition) is 6. The SMILES string of the molecule is O=C(Cn1cnc2cc(Cl)ccc2c1=O)N1CCN(C(=O)[C@H]2COc3ccccc3O2)CC1. The number of carbonyl (C=O) groups is 2. The highest BCUT2D eigenvalue weighted by atomic mass is 35.5. The lowest BCUT2D eigenvalue weighted by molar-refractivity contribution is -0.146. The highest BCUT2D eigenvalue weighted by Crippen LogP contribution is 2.31. The van der Waals surface area contributed by atoms with Gasteiger partial charge in [-0.15, -0.1) is 0 Å². The van der Waals surface area contributed by atoms with E-state index in [1.807, 2.05) is 12.1 Å². The van der Waals surface area contributed by atoms with Gasteiger partial charge in [-0.25, -0.2) is 4.98 Å². The van der Waals surface area contributed by atoms with Gasteiger partial charge < -0.3 is 19.3 Å². The molecule has 0 radical (unpaired) electrons. The molecule has 0 N–H and O–H groups in total. The smallest absolute Gasteiger partial charge is 0.267 e. The first kappa shape index (κ1) is 21.3. The maximum atomic E-state index is 12.9. The summed E-state index contributed by atoms with van der Waals surface area (Å²) >= 11 is 5.95. The number of halogens is 1.